The summed E-state index contributed by atoms with van der Waals surface area (Å²) in [5, 5.41) is 26.5. The topological polar surface area (TPSA) is 114 Å². The third-order valence-corrected chi connectivity index (χ3v) is 4.53. The second-order valence-corrected chi connectivity index (χ2v) is 6.56. The van der Waals surface area contributed by atoms with Crippen molar-refractivity contribution in [1.29, 1.82) is 0 Å². The number of amides is 1. The number of benzene rings is 2. The summed E-state index contributed by atoms with van der Waals surface area (Å²) in [5.41, 5.74) is 0.922. The minimum absolute atomic E-state index is 0.0775. The standard InChI is InChI=1S/C20H18ClN3O5/c1-29-13-8-6-12(7-9-13)15(11-19(26)27)22-20(28)16-10-18(25)24(23-16)17-5-3-2-4-14(17)21/h2-10,15,25H,11H2,1H3,(H,22,28)(H,26,27)/t15-/m0/s1. The zero-order valence-corrected chi connectivity index (χ0v) is 16.1. The number of hydrogen-bond donors (Lipinski definition) is 3. The van der Waals surface area contributed by atoms with Gasteiger partial charge in [-0.25, -0.2) is 0 Å². The lowest BCUT2D eigenvalue weighted by atomic mass is 10.0. The van der Waals surface area contributed by atoms with E-state index in [0.29, 0.717) is 22.0 Å². The minimum Gasteiger partial charge on any atom is -0.497 e. The van der Waals surface area contributed by atoms with E-state index in [2.05, 4.69) is 10.4 Å². The fraction of sp³-hybridized carbons (Fsp3) is 0.150. The highest BCUT2D eigenvalue weighted by atomic mass is 35.5. The van der Waals surface area contributed by atoms with Crippen LogP contribution in [0.5, 0.6) is 11.6 Å². The fourth-order valence-electron chi connectivity index (χ4n) is 2.78. The van der Waals surface area contributed by atoms with E-state index in [4.69, 9.17) is 16.3 Å². The van der Waals surface area contributed by atoms with Gasteiger partial charge in [-0.2, -0.15) is 9.78 Å². The smallest absolute Gasteiger partial charge is 0.305 e. The molecule has 9 heteroatoms. The van der Waals surface area contributed by atoms with E-state index in [1.807, 2.05) is 0 Å². The lowest BCUT2D eigenvalue weighted by Gasteiger charge is -2.17. The Morgan fingerprint density at radius 2 is 1.90 bits per heavy atom. The van der Waals surface area contributed by atoms with E-state index in [0.717, 1.165) is 4.68 Å². The summed E-state index contributed by atoms with van der Waals surface area (Å²) >= 11 is 6.12. The van der Waals surface area contributed by atoms with Crippen molar-refractivity contribution < 1.29 is 24.5 Å². The SMILES string of the molecule is COc1ccc([C@H](CC(=O)O)NC(=O)c2cc(O)n(-c3ccccc3Cl)n2)cc1. The van der Waals surface area contributed by atoms with Gasteiger partial charge in [-0.3, -0.25) is 9.59 Å². The van der Waals surface area contributed by atoms with Crippen molar-refractivity contribution >= 4 is 23.5 Å². The first kappa shape index (κ1) is 20.2. The Balaban J connectivity index is 1.85. The average Bonchev–Trinajstić information content (AvgIpc) is 3.09. The molecule has 3 aromatic rings. The third-order valence-electron chi connectivity index (χ3n) is 4.21. The molecule has 0 aliphatic heterocycles. The maximum atomic E-state index is 12.7. The minimum atomic E-state index is -1.07. The molecule has 0 spiro atoms. The number of halogens is 1. The molecule has 8 nitrogen and oxygen atoms in total. The van der Waals surface area contributed by atoms with Gasteiger partial charge in [0, 0.05) is 6.07 Å². The van der Waals surface area contributed by atoms with Crippen LogP contribution in [0.15, 0.2) is 54.6 Å². The number of carbonyl (C=O) groups is 2. The van der Waals surface area contributed by atoms with Gasteiger partial charge >= 0.3 is 5.97 Å². The summed E-state index contributed by atoms with van der Waals surface area (Å²) < 4.78 is 6.23. The van der Waals surface area contributed by atoms with E-state index in [-0.39, 0.29) is 18.0 Å². The summed E-state index contributed by atoms with van der Waals surface area (Å²) in [5.74, 6) is -1.37. The molecule has 0 saturated heterocycles. The number of hydrogen-bond acceptors (Lipinski definition) is 5. The Morgan fingerprint density at radius 3 is 2.52 bits per heavy atom. The number of aromatic nitrogens is 2. The fourth-order valence-corrected chi connectivity index (χ4v) is 2.99. The predicted octanol–water partition coefficient (Wildman–Crippen LogP) is 3.19. The molecule has 150 valence electrons. The van der Waals surface area contributed by atoms with Crippen molar-refractivity contribution in [2.75, 3.05) is 7.11 Å². The molecule has 2 aromatic carbocycles. The van der Waals surface area contributed by atoms with E-state index in [1.54, 1.807) is 48.5 Å². The molecule has 29 heavy (non-hydrogen) atoms. The summed E-state index contributed by atoms with van der Waals surface area (Å²) in [6, 6.07) is 13.8. The monoisotopic (exact) mass is 415 g/mol. The highest BCUT2D eigenvalue weighted by Crippen LogP contribution is 2.25. The number of carboxylic acids is 1. The van der Waals surface area contributed by atoms with E-state index < -0.39 is 17.9 Å². The first-order chi connectivity index (χ1) is 13.9. The quantitative estimate of drug-likeness (QED) is 0.546. The molecule has 0 aliphatic rings. The van der Waals surface area contributed by atoms with Crippen LogP contribution in [0.1, 0.15) is 28.5 Å². The number of aromatic hydroxyl groups is 1. The number of ether oxygens (including phenoxy) is 1. The van der Waals surface area contributed by atoms with Gasteiger partial charge in [-0.15, -0.1) is 0 Å². The number of rotatable bonds is 7. The lowest BCUT2D eigenvalue weighted by Crippen LogP contribution is -2.30. The highest BCUT2D eigenvalue weighted by Gasteiger charge is 2.22. The van der Waals surface area contributed by atoms with Crippen molar-refractivity contribution in [3.8, 4) is 17.3 Å². The highest BCUT2D eigenvalue weighted by molar-refractivity contribution is 6.32. The second-order valence-electron chi connectivity index (χ2n) is 6.15. The zero-order valence-electron chi connectivity index (χ0n) is 15.4. The molecule has 3 rings (SSSR count). The number of nitrogens with one attached hydrogen (secondary N) is 1. The van der Waals surface area contributed by atoms with Crippen LogP contribution in [0.2, 0.25) is 5.02 Å². The van der Waals surface area contributed by atoms with Gasteiger partial charge in [0.25, 0.3) is 5.91 Å². The van der Waals surface area contributed by atoms with E-state index >= 15 is 0 Å². The molecule has 0 saturated carbocycles. The average molecular weight is 416 g/mol. The van der Waals surface area contributed by atoms with Gasteiger partial charge in [0.2, 0.25) is 5.88 Å². The van der Waals surface area contributed by atoms with Crippen molar-refractivity contribution in [3.63, 3.8) is 0 Å². The third kappa shape index (κ3) is 4.67. The van der Waals surface area contributed by atoms with Crippen LogP contribution in [0.4, 0.5) is 0 Å². The molecule has 1 aromatic heterocycles. The van der Waals surface area contributed by atoms with Crippen molar-refractivity contribution in [2.24, 2.45) is 0 Å². The van der Waals surface area contributed by atoms with Crippen LogP contribution >= 0.6 is 11.6 Å². The number of aliphatic carboxylic acids is 1. The molecule has 3 N–H and O–H groups in total. The van der Waals surface area contributed by atoms with E-state index in [9.17, 15) is 19.8 Å². The van der Waals surface area contributed by atoms with Gasteiger partial charge in [-0.05, 0) is 29.8 Å². The largest absolute Gasteiger partial charge is 0.497 e. The number of para-hydroxylation sites is 1. The molecule has 0 unspecified atom stereocenters. The molecule has 0 bridgehead atoms. The van der Waals surface area contributed by atoms with Gasteiger partial charge < -0.3 is 20.3 Å². The van der Waals surface area contributed by atoms with Gasteiger partial charge in [0.1, 0.15) is 5.75 Å². The van der Waals surface area contributed by atoms with Crippen LogP contribution in [0, 0.1) is 0 Å². The zero-order chi connectivity index (χ0) is 21.0. The van der Waals surface area contributed by atoms with E-state index in [1.165, 1.54) is 13.2 Å². The number of carboxylic acid groups (broad SMARTS) is 1. The molecule has 1 amide bonds. The molecule has 0 radical (unpaired) electrons. The summed E-state index contributed by atoms with van der Waals surface area (Å²) in [6.07, 6.45) is -0.324. The Hall–Kier alpha value is -3.52. The summed E-state index contributed by atoms with van der Waals surface area (Å²) in [6.45, 7) is 0. The van der Waals surface area contributed by atoms with Crippen LogP contribution in [0.25, 0.3) is 5.69 Å². The van der Waals surface area contributed by atoms with Crippen molar-refractivity contribution in [2.45, 2.75) is 12.5 Å². The van der Waals surface area contributed by atoms with Gasteiger partial charge in [0.05, 0.1) is 30.3 Å². The molecule has 1 heterocycles. The van der Waals surface area contributed by atoms with Crippen LogP contribution in [-0.2, 0) is 4.79 Å². The summed E-state index contributed by atoms with van der Waals surface area (Å²) in [4.78, 5) is 23.9. The van der Waals surface area contributed by atoms with Crippen molar-refractivity contribution in [1.82, 2.24) is 15.1 Å². The normalized spacial score (nSPS) is 11.7. The molecule has 0 aliphatic carbocycles. The lowest BCUT2D eigenvalue weighted by molar-refractivity contribution is -0.137. The van der Waals surface area contributed by atoms with Crippen LogP contribution in [0.3, 0.4) is 0 Å². The van der Waals surface area contributed by atoms with Gasteiger partial charge in [-0.1, -0.05) is 35.9 Å². The number of methoxy groups -OCH3 is 1. The van der Waals surface area contributed by atoms with Crippen LogP contribution < -0.4 is 10.1 Å². The Bertz CT molecular complexity index is 1030. The first-order valence-electron chi connectivity index (χ1n) is 8.59. The second kappa shape index (κ2) is 8.66. The maximum absolute atomic E-state index is 12.7. The van der Waals surface area contributed by atoms with Crippen molar-refractivity contribution in [3.05, 3.63) is 70.9 Å². The Kier molecular flexibility index (Phi) is 6.04. The Morgan fingerprint density at radius 1 is 1.21 bits per heavy atom. The Labute approximate surface area is 171 Å². The predicted molar refractivity (Wildman–Crippen MR) is 106 cm³/mol. The first-order valence-corrected chi connectivity index (χ1v) is 8.97. The molecular formula is C20H18ClN3O5. The van der Waals surface area contributed by atoms with Gasteiger partial charge in [0.15, 0.2) is 5.69 Å². The number of nitrogens with zero attached hydrogens (tertiary/aromatic N) is 2. The maximum Gasteiger partial charge on any atom is 0.305 e. The molecule has 0 fully saturated rings. The molecular weight excluding hydrogens is 398 g/mol. The molecule has 1 atom stereocenters. The summed E-state index contributed by atoms with van der Waals surface area (Å²) in [7, 11) is 1.52. The number of carbonyl (C=O) groups excluding carboxylic acids is 1. The van der Waals surface area contributed by atoms with Crippen LogP contribution in [-0.4, -0.2) is 39.0 Å².